The highest BCUT2D eigenvalue weighted by Gasteiger charge is 2.46. The number of allylic oxidation sites excluding steroid dienone is 3. The number of alkyl carbamates (subject to hydrolysis) is 1. The molecule has 0 spiro atoms. The van der Waals surface area contributed by atoms with Gasteiger partial charge in [0.2, 0.25) is 5.91 Å². The zero-order chi connectivity index (χ0) is 27.3. The lowest BCUT2D eigenvalue weighted by Crippen LogP contribution is -2.63. The molecule has 0 radical (unpaired) electrons. The molecule has 0 unspecified atom stereocenters. The third-order valence-electron chi connectivity index (χ3n) is 6.57. The smallest absolute Gasteiger partial charge is 0.409 e. The number of methoxy groups -OCH3 is 2. The molecule has 9 nitrogen and oxygen atoms in total. The van der Waals surface area contributed by atoms with Crippen LogP contribution in [-0.2, 0) is 20.7 Å². The van der Waals surface area contributed by atoms with Crippen molar-refractivity contribution >= 4 is 29.3 Å². The first-order chi connectivity index (χ1) is 17.4. The Hall–Kier alpha value is -2.85. The number of amides is 2. The molecule has 1 aromatic carbocycles. The molecule has 10 heteroatoms. The highest BCUT2D eigenvalue weighted by Crippen LogP contribution is 2.35. The van der Waals surface area contributed by atoms with Crippen LogP contribution in [-0.4, -0.2) is 60.5 Å². The summed E-state index contributed by atoms with van der Waals surface area (Å²) in [5, 5.41) is 27.5. The summed E-state index contributed by atoms with van der Waals surface area (Å²) >= 11 is 6.44. The van der Waals surface area contributed by atoms with Crippen molar-refractivity contribution in [2.45, 2.75) is 64.1 Å². The lowest BCUT2D eigenvalue weighted by molar-refractivity contribution is -0.138. The molecule has 4 bridgehead atoms. The third-order valence-corrected chi connectivity index (χ3v) is 6.96. The predicted octanol–water partition coefficient (Wildman–Crippen LogP) is 3.88. The van der Waals surface area contributed by atoms with E-state index in [1.165, 1.54) is 14.2 Å². The van der Waals surface area contributed by atoms with Gasteiger partial charge in [0, 0.05) is 19.4 Å². The topological polar surface area (TPSA) is 126 Å². The van der Waals surface area contributed by atoms with Gasteiger partial charge in [-0.15, -0.1) is 0 Å². The Morgan fingerprint density at radius 1 is 1.22 bits per heavy atom. The largest absolute Gasteiger partial charge is 0.495 e. The standard InChI is InChI=1S/C27H35ClN2O7/c1-15-7-6-8-23(36-5)27(34)14-22(37-26(33)30-27)17(3)10-16(2)20(31)13-24(32)29-19-11-18(9-15)12-21(35-4)25(19)28/h6-8,10-12,17,20,22-23,31,34H,9,13-14H2,1-5H3,(H,29,32)(H,30,33)/t17-,20-,22-,23+,27-/m0/s1. The number of halogens is 1. The van der Waals surface area contributed by atoms with Gasteiger partial charge in [-0.05, 0) is 43.5 Å². The number of benzene rings is 1. The van der Waals surface area contributed by atoms with Gasteiger partial charge in [0.05, 0.1) is 25.3 Å². The molecular weight excluding hydrogens is 500 g/mol. The molecule has 1 saturated heterocycles. The van der Waals surface area contributed by atoms with Gasteiger partial charge in [-0.3, -0.25) is 10.1 Å². The summed E-state index contributed by atoms with van der Waals surface area (Å²) in [6, 6.07) is 3.56. The Labute approximate surface area is 222 Å². The molecule has 4 N–H and O–H groups in total. The molecule has 5 atom stereocenters. The second kappa shape index (κ2) is 12.1. The maximum Gasteiger partial charge on any atom is 0.409 e. The van der Waals surface area contributed by atoms with Crippen LogP contribution < -0.4 is 15.4 Å². The van der Waals surface area contributed by atoms with Crippen molar-refractivity contribution in [3.8, 4) is 5.75 Å². The van der Waals surface area contributed by atoms with Gasteiger partial charge in [0.1, 0.15) is 23.0 Å². The van der Waals surface area contributed by atoms with Gasteiger partial charge >= 0.3 is 6.09 Å². The molecule has 0 saturated carbocycles. The fraction of sp³-hybridized carbons (Fsp3) is 0.481. The van der Waals surface area contributed by atoms with E-state index in [9.17, 15) is 19.8 Å². The van der Waals surface area contributed by atoms with Gasteiger partial charge in [-0.2, -0.15) is 0 Å². The van der Waals surface area contributed by atoms with Crippen molar-refractivity contribution in [3.63, 3.8) is 0 Å². The third kappa shape index (κ3) is 7.13. The van der Waals surface area contributed by atoms with Crippen LogP contribution in [0.5, 0.6) is 5.75 Å². The van der Waals surface area contributed by atoms with Crippen LogP contribution >= 0.6 is 11.6 Å². The lowest BCUT2D eigenvalue weighted by atomic mass is 9.89. The molecule has 0 aliphatic carbocycles. The van der Waals surface area contributed by atoms with Crippen LogP contribution in [0.3, 0.4) is 0 Å². The minimum atomic E-state index is -1.71. The summed E-state index contributed by atoms with van der Waals surface area (Å²) < 4.78 is 16.3. The average Bonchev–Trinajstić information content (AvgIpc) is 2.82. The van der Waals surface area contributed by atoms with Gasteiger partial charge in [-0.25, -0.2) is 4.79 Å². The predicted molar refractivity (Wildman–Crippen MR) is 141 cm³/mol. The highest BCUT2D eigenvalue weighted by molar-refractivity contribution is 6.35. The maximum absolute atomic E-state index is 12.8. The van der Waals surface area contributed by atoms with Gasteiger partial charge in [0.25, 0.3) is 0 Å². The number of aliphatic hydroxyl groups is 2. The van der Waals surface area contributed by atoms with Gasteiger partial charge < -0.3 is 29.7 Å². The number of aliphatic hydroxyl groups excluding tert-OH is 1. The Morgan fingerprint density at radius 3 is 2.62 bits per heavy atom. The van der Waals surface area contributed by atoms with Crippen LogP contribution in [0.2, 0.25) is 5.02 Å². The number of hydrogen-bond donors (Lipinski definition) is 4. The van der Waals surface area contributed by atoms with E-state index in [2.05, 4.69) is 10.6 Å². The number of ether oxygens (including phenoxy) is 3. The summed E-state index contributed by atoms with van der Waals surface area (Å²) in [7, 11) is 2.95. The Morgan fingerprint density at radius 2 is 1.95 bits per heavy atom. The van der Waals surface area contributed by atoms with Gasteiger partial charge in [-0.1, -0.05) is 48.4 Å². The van der Waals surface area contributed by atoms with E-state index < -0.39 is 36.0 Å². The SMILES string of the molecule is COc1cc2cc(c1Cl)NC(=O)C[C@H](O)C(C)=C[C@H](C)[C@@H]1C[C@@](O)(NC(=O)O1)[C@H](OC)C=CC=C(C)C2. The van der Waals surface area contributed by atoms with Gasteiger partial charge in [0.15, 0.2) is 5.72 Å². The fourth-order valence-corrected chi connectivity index (χ4v) is 4.76. The van der Waals surface area contributed by atoms with Crippen molar-refractivity contribution in [2.75, 3.05) is 19.5 Å². The number of carbonyl (C=O) groups is 2. The van der Waals surface area contributed by atoms with Crippen LogP contribution in [0.25, 0.3) is 0 Å². The molecule has 2 heterocycles. The fourth-order valence-electron chi connectivity index (χ4n) is 4.53. The van der Waals surface area contributed by atoms with E-state index in [-0.39, 0.29) is 23.8 Å². The summed E-state index contributed by atoms with van der Waals surface area (Å²) in [5.41, 5.74) is 1.03. The number of hydrogen-bond acceptors (Lipinski definition) is 7. The summed E-state index contributed by atoms with van der Waals surface area (Å²) in [6.07, 6.45) is 4.02. The number of rotatable bonds is 2. The lowest BCUT2D eigenvalue weighted by Gasteiger charge is -2.41. The quantitative estimate of drug-likeness (QED) is 0.424. The van der Waals surface area contributed by atoms with Crippen molar-refractivity contribution in [1.82, 2.24) is 5.32 Å². The summed E-state index contributed by atoms with van der Waals surface area (Å²) in [5.74, 6) is -0.372. The zero-order valence-electron chi connectivity index (χ0n) is 21.7. The minimum absolute atomic E-state index is 0.0515. The number of nitrogens with one attached hydrogen (secondary N) is 2. The summed E-state index contributed by atoms with van der Waals surface area (Å²) in [6.45, 7) is 5.43. The van der Waals surface area contributed by atoms with Crippen LogP contribution in [0.1, 0.15) is 39.2 Å². The molecule has 3 rings (SSSR count). The van der Waals surface area contributed by atoms with Crippen molar-refractivity contribution < 1.29 is 34.0 Å². The number of carbonyl (C=O) groups excluding carboxylic acids is 2. The van der Waals surface area contributed by atoms with E-state index in [0.717, 1.165) is 11.1 Å². The Kier molecular flexibility index (Phi) is 9.41. The molecule has 1 aromatic rings. The number of anilines is 1. The van der Waals surface area contributed by atoms with Crippen LogP contribution in [0, 0.1) is 5.92 Å². The van der Waals surface area contributed by atoms with E-state index in [1.54, 1.807) is 37.3 Å². The average molecular weight is 535 g/mol. The molecule has 2 amide bonds. The van der Waals surface area contributed by atoms with Crippen LogP contribution in [0.15, 0.2) is 47.6 Å². The molecule has 2 aliphatic heterocycles. The first-order valence-corrected chi connectivity index (χ1v) is 12.4. The monoisotopic (exact) mass is 534 g/mol. The Bertz CT molecular complexity index is 1120. The first-order valence-electron chi connectivity index (χ1n) is 12.1. The molecule has 2 aliphatic rings. The highest BCUT2D eigenvalue weighted by atomic mass is 35.5. The Balaban J connectivity index is 2.04. The van der Waals surface area contributed by atoms with E-state index >= 15 is 0 Å². The second-order valence-electron chi connectivity index (χ2n) is 9.63. The molecule has 0 aromatic heterocycles. The zero-order valence-corrected chi connectivity index (χ0v) is 22.5. The van der Waals surface area contributed by atoms with Crippen LogP contribution in [0.4, 0.5) is 10.5 Å². The first kappa shape index (κ1) is 28.7. The van der Waals surface area contributed by atoms with E-state index in [0.29, 0.717) is 23.4 Å². The maximum atomic E-state index is 12.8. The molecule has 202 valence electrons. The molecule has 37 heavy (non-hydrogen) atoms. The summed E-state index contributed by atoms with van der Waals surface area (Å²) in [4.78, 5) is 25.1. The van der Waals surface area contributed by atoms with Crippen molar-refractivity contribution in [1.29, 1.82) is 0 Å². The number of fused-ring (bicyclic) bond motifs is 4. The minimum Gasteiger partial charge on any atom is -0.495 e. The normalized spacial score (nSPS) is 29.4. The molecular formula is C27H35ClN2O7. The van der Waals surface area contributed by atoms with E-state index in [4.69, 9.17) is 25.8 Å². The molecule has 1 fully saturated rings. The van der Waals surface area contributed by atoms with E-state index in [1.807, 2.05) is 19.9 Å². The van der Waals surface area contributed by atoms with Crippen molar-refractivity contribution in [3.05, 3.63) is 58.2 Å². The second-order valence-corrected chi connectivity index (χ2v) is 10.0. The van der Waals surface area contributed by atoms with Crippen molar-refractivity contribution in [2.24, 2.45) is 5.92 Å².